The van der Waals surface area contributed by atoms with Crippen LogP contribution in [0.5, 0.6) is 5.75 Å². The summed E-state index contributed by atoms with van der Waals surface area (Å²) in [6.45, 7) is 2.64. The lowest BCUT2D eigenvalue weighted by molar-refractivity contribution is -0.117. The van der Waals surface area contributed by atoms with Crippen LogP contribution in [0.2, 0.25) is 0 Å². The Bertz CT molecular complexity index is 627. The summed E-state index contributed by atoms with van der Waals surface area (Å²) in [6.07, 6.45) is 1.02. The van der Waals surface area contributed by atoms with E-state index >= 15 is 0 Å². The van der Waals surface area contributed by atoms with E-state index < -0.39 is 20.5 Å². The molecule has 6 nitrogen and oxygen atoms in total. The van der Waals surface area contributed by atoms with E-state index in [4.69, 9.17) is 10.00 Å². The first-order valence-corrected chi connectivity index (χ1v) is 7.68. The van der Waals surface area contributed by atoms with E-state index in [2.05, 4.69) is 5.32 Å². The molecular weight excluding hydrogens is 280 g/mol. The third-order valence-electron chi connectivity index (χ3n) is 2.89. The second kappa shape index (κ2) is 5.92. The number of carbonyl (C=O) groups is 1. The van der Waals surface area contributed by atoms with Crippen molar-refractivity contribution in [1.29, 1.82) is 5.26 Å². The summed E-state index contributed by atoms with van der Waals surface area (Å²) in [4.78, 5) is 12.0. The molecule has 7 heteroatoms. The number of ether oxygens (including phenoxy) is 1. The van der Waals surface area contributed by atoms with Gasteiger partial charge < -0.3 is 10.1 Å². The van der Waals surface area contributed by atoms with Gasteiger partial charge >= 0.3 is 0 Å². The van der Waals surface area contributed by atoms with Crippen molar-refractivity contribution < 1.29 is 17.9 Å². The fraction of sp³-hybridized carbons (Fsp3) is 0.385. The molecule has 0 fully saturated rings. The van der Waals surface area contributed by atoms with Crippen LogP contribution in [0.1, 0.15) is 13.8 Å². The molecule has 1 aromatic rings. The number of sulfone groups is 1. The maximum Gasteiger partial charge on any atom is 0.245 e. The summed E-state index contributed by atoms with van der Waals surface area (Å²) in [5.74, 6) is -0.113. The van der Waals surface area contributed by atoms with Gasteiger partial charge in [0.15, 0.2) is 16.4 Å². The van der Waals surface area contributed by atoms with Crippen molar-refractivity contribution in [3.05, 3.63) is 24.3 Å². The van der Waals surface area contributed by atoms with E-state index in [0.717, 1.165) is 6.26 Å². The maximum absolute atomic E-state index is 12.0. The molecule has 0 aliphatic heterocycles. The quantitative estimate of drug-likeness (QED) is 0.884. The van der Waals surface area contributed by atoms with Crippen molar-refractivity contribution in [1.82, 2.24) is 0 Å². The normalized spacial score (nSPS) is 11.5. The molecule has 0 aliphatic carbocycles. The second-order valence-electron chi connectivity index (χ2n) is 4.71. The second-order valence-corrected chi connectivity index (χ2v) is 7.27. The van der Waals surface area contributed by atoms with Crippen LogP contribution in [0.3, 0.4) is 0 Å². The lowest BCUT2D eigenvalue weighted by Crippen LogP contribution is -2.43. The van der Waals surface area contributed by atoms with Crippen LogP contribution in [0.15, 0.2) is 24.3 Å². The van der Waals surface area contributed by atoms with Gasteiger partial charge in [-0.2, -0.15) is 5.26 Å². The van der Waals surface area contributed by atoms with Gasteiger partial charge in [0.25, 0.3) is 0 Å². The molecule has 1 aromatic carbocycles. The molecule has 0 aromatic heterocycles. The Morgan fingerprint density at radius 1 is 1.35 bits per heavy atom. The number of hydrogen-bond acceptors (Lipinski definition) is 5. The van der Waals surface area contributed by atoms with Crippen LogP contribution < -0.4 is 10.1 Å². The highest BCUT2D eigenvalue weighted by Gasteiger charge is 2.38. The number of anilines is 1. The van der Waals surface area contributed by atoms with Crippen molar-refractivity contribution in [2.24, 2.45) is 0 Å². The number of nitriles is 1. The highest BCUT2D eigenvalue weighted by atomic mass is 32.2. The lowest BCUT2D eigenvalue weighted by Gasteiger charge is -2.21. The molecular formula is C13H16N2O4S. The number of carbonyl (C=O) groups excluding carboxylic acids is 1. The van der Waals surface area contributed by atoms with E-state index in [9.17, 15) is 13.2 Å². The highest BCUT2D eigenvalue weighted by molar-refractivity contribution is 7.92. The number of amides is 1. The number of nitrogens with one attached hydrogen (secondary N) is 1. The molecule has 20 heavy (non-hydrogen) atoms. The minimum Gasteiger partial charge on any atom is -0.479 e. The Morgan fingerprint density at radius 2 is 1.90 bits per heavy atom. The first-order chi connectivity index (χ1) is 9.18. The van der Waals surface area contributed by atoms with Gasteiger partial charge in [-0.15, -0.1) is 0 Å². The van der Waals surface area contributed by atoms with Crippen molar-refractivity contribution in [2.75, 3.05) is 18.2 Å². The van der Waals surface area contributed by atoms with E-state index in [-0.39, 0.29) is 6.61 Å². The third-order valence-corrected chi connectivity index (χ3v) is 4.93. The topological polar surface area (TPSA) is 96.3 Å². The van der Waals surface area contributed by atoms with Gasteiger partial charge in [-0.05, 0) is 38.1 Å². The largest absolute Gasteiger partial charge is 0.479 e. The Kier molecular flexibility index (Phi) is 4.73. The lowest BCUT2D eigenvalue weighted by atomic mass is 10.2. The molecule has 0 saturated heterocycles. The van der Waals surface area contributed by atoms with Gasteiger partial charge in [0.05, 0.1) is 0 Å². The molecule has 108 valence electrons. The fourth-order valence-electron chi connectivity index (χ4n) is 1.20. The summed E-state index contributed by atoms with van der Waals surface area (Å²) >= 11 is 0. The van der Waals surface area contributed by atoms with Gasteiger partial charge in [0.1, 0.15) is 16.6 Å². The van der Waals surface area contributed by atoms with Crippen LogP contribution in [0.25, 0.3) is 0 Å². The Morgan fingerprint density at radius 3 is 2.35 bits per heavy atom. The summed E-state index contributed by atoms with van der Waals surface area (Å²) in [7, 11) is -3.51. The molecule has 0 unspecified atom stereocenters. The third kappa shape index (κ3) is 3.71. The van der Waals surface area contributed by atoms with Crippen molar-refractivity contribution in [3.8, 4) is 11.8 Å². The number of benzene rings is 1. The van der Waals surface area contributed by atoms with Gasteiger partial charge in [-0.25, -0.2) is 8.42 Å². The SMILES string of the molecule is CC(C)(C(=O)Nc1ccc(OCC#N)cc1)S(C)(=O)=O. The Hall–Kier alpha value is -2.07. The monoisotopic (exact) mass is 296 g/mol. The van der Waals surface area contributed by atoms with Crippen LogP contribution >= 0.6 is 0 Å². The Labute approximate surface area is 118 Å². The van der Waals surface area contributed by atoms with Gasteiger partial charge in [0, 0.05) is 11.9 Å². The standard InChI is InChI=1S/C13H16N2O4S/c1-13(2,20(3,17)18)12(16)15-10-4-6-11(7-5-10)19-9-8-14/h4-7H,9H2,1-3H3,(H,15,16). The van der Waals surface area contributed by atoms with E-state index in [1.54, 1.807) is 24.3 Å². The van der Waals surface area contributed by atoms with E-state index in [1.165, 1.54) is 13.8 Å². The molecule has 0 radical (unpaired) electrons. The van der Waals surface area contributed by atoms with Gasteiger partial charge in [-0.3, -0.25) is 4.79 Å². The van der Waals surface area contributed by atoms with Gasteiger partial charge in [0.2, 0.25) is 5.91 Å². The van der Waals surface area contributed by atoms with Crippen molar-refractivity contribution in [2.45, 2.75) is 18.6 Å². The number of hydrogen-bond donors (Lipinski definition) is 1. The van der Waals surface area contributed by atoms with Crippen LogP contribution in [-0.4, -0.2) is 31.9 Å². The predicted octanol–water partition coefficient (Wildman–Crippen LogP) is 1.35. The summed E-state index contributed by atoms with van der Waals surface area (Å²) < 4.78 is 26.6. The minimum atomic E-state index is -3.51. The zero-order chi connectivity index (χ0) is 15.4. The molecule has 1 N–H and O–H groups in total. The smallest absolute Gasteiger partial charge is 0.245 e. The molecule has 0 spiro atoms. The van der Waals surface area contributed by atoms with Crippen molar-refractivity contribution in [3.63, 3.8) is 0 Å². The zero-order valence-corrected chi connectivity index (χ0v) is 12.3. The number of rotatable bonds is 5. The van der Waals surface area contributed by atoms with Crippen LogP contribution in [0, 0.1) is 11.3 Å². The summed E-state index contributed by atoms with van der Waals surface area (Å²) in [6, 6.07) is 8.15. The molecule has 0 saturated carbocycles. The van der Waals surface area contributed by atoms with E-state index in [0.29, 0.717) is 11.4 Å². The summed E-state index contributed by atoms with van der Waals surface area (Å²) in [5, 5.41) is 10.9. The average Bonchev–Trinajstić information content (AvgIpc) is 2.36. The molecule has 1 amide bonds. The first-order valence-electron chi connectivity index (χ1n) is 5.79. The van der Waals surface area contributed by atoms with Crippen LogP contribution in [-0.2, 0) is 14.6 Å². The molecule has 0 heterocycles. The number of nitrogens with zero attached hydrogens (tertiary/aromatic N) is 1. The predicted molar refractivity (Wildman–Crippen MR) is 75.1 cm³/mol. The molecule has 1 rings (SSSR count). The maximum atomic E-state index is 12.0. The highest BCUT2D eigenvalue weighted by Crippen LogP contribution is 2.20. The molecule has 0 atom stereocenters. The molecule has 0 bridgehead atoms. The minimum absolute atomic E-state index is 0.0627. The zero-order valence-electron chi connectivity index (χ0n) is 11.5. The van der Waals surface area contributed by atoms with Crippen LogP contribution in [0.4, 0.5) is 5.69 Å². The average molecular weight is 296 g/mol. The Balaban J connectivity index is 2.80. The van der Waals surface area contributed by atoms with Crippen molar-refractivity contribution >= 4 is 21.4 Å². The van der Waals surface area contributed by atoms with Gasteiger partial charge in [-0.1, -0.05) is 0 Å². The molecule has 0 aliphatic rings. The van der Waals surface area contributed by atoms with E-state index in [1.807, 2.05) is 6.07 Å². The summed E-state index contributed by atoms with van der Waals surface area (Å²) in [5.41, 5.74) is 0.455. The fourth-order valence-corrected chi connectivity index (χ4v) is 1.59. The first kappa shape index (κ1) is 16.0.